The quantitative estimate of drug-likeness (QED) is 0.877. The van der Waals surface area contributed by atoms with E-state index in [-0.39, 0.29) is 17.1 Å². The van der Waals surface area contributed by atoms with Crippen molar-refractivity contribution in [2.24, 2.45) is 0 Å². The Balaban J connectivity index is 3.23. The maximum atomic E-state index is 12.5. The number of phenols is 1. The summed E-state index contributed by atoms with van der Waals surface area (Å²) in [7, 11) is 1.38. The van der Waals surface area contributed by atoms with Gasteiger partial charge in [-0.1, -0.05) is 6.07 Å². The van der Waals surface area contributed by atoms with Gasteiger partial charge >= 0.3 is 5.97 Å². The number of hydrogen-bond donors (Lipinski definition) is 2. The van der Waals surface area contributed by atoms with E-state index in [9.17, 15) is 14.7 Å². The lowest BCUT2D eigenvalue weighted by Crippen LogP contribution is -2.48. The van der Waals surface area contributed by atoms with E-state index in [2.05, 4.69) is 0 Å². The van der Waals surface area contributed by atoms with Crippen molar-refractivity contribution in [3.63, 3.8) is 0 Å². The molecular weight excluding hydrogens is 262 g/mol. The Hall–Kier alpha value is -2.24. The molecule has 110 valence electrons. The Morgan fingerprint density at radius 1 is 1.30 bits per heavy atom. The molecular formula is C14H19NO5. The van der Waals surface area contributed by atoms with E-state index in [0.29, 0.717) is 0 Å². The number of phenolic OH excluding ortho intramolecular Hbond substituents is 1. The number of amides is 1. The molecule has 1 amide bonds. The highest BCUT2D eigenvalue weighted by Gasteiger charge is 2.31. The minimum Gasteiger partial charge on any atom is -0.504 e. The molecule has 0 radical (unpaired) electrons. The molecule has 0 bridgehead atoms. The van der Waals surface area contributed by atoms with Gasteiger partial charge in [0.1, 0.15) is 6.54 Å². The second-order valence-electron chi connectivity index (χ2n) is 5.31. The molecule has 0 aliphatic heterocycles. The first-order valence-electron chi connectivity index (χ1n) is 6.08. The molecule has 0 saturated heterocycles. The molecule has 20 heavy (non-hydrogen) atoms. The second-order valence-corrected chi connectivity index (χ2v) is 5.31. The number of carbonyl (C=O) groups is 2. The van der Waals surface area contributed by atoms with Gasteiger partial charge in [-0.15, -0.1) is 0 Å². The zero-order valence-electron chi connectivity index (χ0n) is 12.0. The fourth-order valence-electron chi connectivity index (χ4n) is 1.75. The summed E-state index contributed by atoms with van der Waals surface area (Å²) in [4.78, 5) is 24.6. The van der Waals surface area contributed by atoms with E-state index in [1.807, 2.05) is 0 Å². The van der Waals surface area contributed by atoms with Crippen molar-refractivity contribution in [1.29, 1.82) is 0 Å². The number of aromatic hydroxyl groups is 1. The summed E-state index contributed by atoms with van der Waals surface area (Å²) in [5.41, 5.74) is -0.675. The van der Waals surface area contributed by atoms with Gasteiger partial charge in [0.2, 0.25) is 0 Å². The molecule has 0 unspecified atom stereocenters. The van der Waals surface area contributed by atoms with Gasteiger partial charge in [0.25, 0.3) is 5.91 Å². The number of carboxylic acids is 1. The molecule has 0 aromatic heterocycles. The van der Waals surface area contributed by atoms with Crippen molar-refractivity contribution < 1.29 is 24.5 Å². The van der Waals surface area contributed by atoms with Crippen LogP contribution in [0.15, 0.2) is 18.2 Å². The lowest BCUT2D eigenvalue weighted by atomic mass is 10.0. The average Bonchev–Trinajstić information content (AvgIpc) is 2.34. The minimum absolute atomic E-state index is 0.0144. The molecule has 2 N–H and O–H groups in total. The van der Waals surface area contributed by atoms with E-state index < -0.39 is 24.0 Å². The molecule has 6 nitrogen and oxygen atoms in total. The van der Waals surface area contributed by atoms with Crippen LogP contribution in [0, 0.1) is 0 Å². The smallest absolute Gasteiger partial charge is 0.323 e. The van der Waals surface area contributed by atoms with E-state index in [4.69, 9.17) is 9.84 Å². The fourth-order valence-corrected chi connectivity index (χ4v) is 1.75. The van der Waals surface area contributed by atoms with Gasteiger partial charge in [-0.3, -0.25) is 9.59 Å². The molecule has 1 aromatic carbocycles. The SMILES string of the molecule is COc1cccc(C(=O)N(CC(=O)O)C(C)(C)C)c1O. The van der Waals surface area contributed by atoms with Crippen molar-refractivity contribution >= 4 is 11.9 Å². The third-order valence-electron chi connectivity index (χ3n) is 2.80. The lowest BCUT2D eigenvalue weighted by molar-refractivity contribution is -0.138. The summed E-state index contributed by atoms with van der Waals surface area (Å²) < 4.78 is 4.95. The third-order valence-corrected chi connectivity index (χ3v) is 2.80. The maximum Gasteiger partial charge on any atom is 0.323 e. The zero-order valence-corrected chi connectivity index (χ0v) is 12.0. The van der Waals surface area contributed by atoms with Crippen LogP contribution in [0.25, 0.3) is 0 Å². The maximum absolute atomic E-state index is 12.5. The van der Waals surface area contributed by atoms with E-state index in [1.54, 1.807) is 26.8 Å². The van der Waals surface area contributed by atoms with Crippen LogP contribution in [0.3, 0.4) is 0 Å². The first-order chi connectivity index (χ1) is 9.18. The number of hydrogen-bond acceptors (Lipinski definition) is 4. The molecule has 0 aliphatic carbocycles. The van der Waals surface area contributed by atoms with Crippen LogP contribution < -0.4 is 4.74 Å². The van der Waals surface area contributed by atoms with Gasteiger partial charge in [-0.05, 0) is 32.9 Å². The Bertz CT molecular complexity index is 519. The van der Waals surface area contributed by atoms with Gasteiger partial charge < -0.3 is 19.8 Å². The zero-order chi connectivity index (χ0) is 15.5. The number of methoxy groups -OCH3 is 1. The van der Waals surface area contributed by atoms with Gasteiger partial charge in [0.05, 0.1) is 12.7 Å². The molecule has 6 heteroatoms. The van der Waals surface area contributed by atoms with Gasteiger partial charge in [0, 0.05) is 5.54 Å². The summed E-state index contributed by atoms with van der Waals surface area (Å²) in [6.07, 6.45) is 0. The van der Waals surface area contributed by atoms with Crippen LogP contribution in [0.5, 0.6) is 11.5 Å². The van der Waals surface area contributed by atoms with Crippen LogP contribution in [0.2, 0.25) is 0 Å². The predicted octanol–water partition coefficient (Wildman–Crippen LogP) is 1.73. The topological polar surface area (TPSA) is 87.1 Å². The average molecular weight is 281 g/mol. The van der Waals surface area contributed by atoms with Gasteiger partial charge in [-0.2, -0.15) is 0 Å². The number of carbonyl (C=O) groups excluding carboxylic acids is 1. The Labute approximate surface area is 117 Å². The molecule has 0 spiro atoms. The summed E-state index contributed by atoms with van der Waals surface area (Å²) in [6, 6.07) is 4.51. The largest absolute Gasteiger partial charge is 0.504 e. The molecule has 0 saturated carbocycles. The van der Waals surface area contributed by atoms with Crippen molar-refractivity contribution in [3.8, 4) is 11.5 Å². The summed E-state index contributed by atoms with van der Waals surface area (Å²) >= 11 is 0. The number of aliphatic carboxylic acids is 1. The summed E-state index contributed by atoms with van der Waals surface area (Å²) in [5.74, 6) is -1.80. The highest BCUT2D eigenvalue weighted by atomic mass is 16.5. The number of carboxylic acid groups (broad SMARTS) is 1. The Morgan fingerprint density at radius 2 is 1.90 bits per heavy atom. The molecule has 0 atom stereocenters. The Kier molecular flexibility index (Phi) is 4.60. The van der Waals surface area contributed by atoms with Crippen molar-refractivity contribution in [3.05, 3.63) is 23.8 Å². The van der Waals surface area contributed by atoms with Crippen LogP contribution >= 0.6 is 0 Å². The highest BCUT2D eigenvalue weighted by molar-refractivity contribution is 5.99. The first kappa shape index (κ1) is 15.8. The normalized spacial score (nSPS) is 11.0. The number of para-hydroxylation sites is 1. The van der Waals surface area contributed by atoms with Gasteiger partial charge in [0.15, 0.2) is 11.5 Å². The van der Waals surface area contributed by atoms with Crippen molar-refractivity contribution in [1.82, 2.24) is 4.90 Å². The van der Waals surface area contributed by atoms with E-state index >= 15 is 0 Å². The summed E-state index contributed by atoms with van der Waals surface area (Å²) in [5, 5.41) is 18.9. The van der Waals surface area contributed by atoms with Crippen LogP contribution in [0.4, 0.5) is 0 Å². The number of rotatable bonds is 4. The standard InChI is InChI=1S/C14H19NO5/c1-14(2,3)15(8-11(16)17)13(19)9-6-5-7-10(20-4)12(9)18/h5-7,18H,8H2,1-4H3,(H,16,17). The lowest BCUT2D eigenvalue weighted by Gasteiger charge is -2.34. The first-order valence-corrected chi connectivity index (χ1v) is 6.08. The van der Waals surface area contributed by atoms with Gasteiger partial charge in [-0.25, -0.2) is 0 Å². The number of ether oxygens (including phenoxy) is 1. The molecule has 1 rings (SSSR count). The van der Waals surface area contributed by atoms with Crippen LogP contribution in [0.1, 0.15) is 31.1 Å². The highest BCUT2D eigenvalue weighted by Crippen LogP contribution is 2.31. The van der Waals surface area contributed by atoms with Crippen LogP contribution in [-0.4, -0.2) is 46.2 Å². The molecule has 0 heterocycles. The Morgan fingerprint density at radius 3 is 2.35 bits per heavy atom. The van der Waals surface area contributed by atoms with Crippen molar-refractivity contribution in [2.75, 3.05) is 13.7 Å². The number of benzene rings is 1. The van der Waals surface area contributed by atoms with Crippen LogP contribution in [-0.2, 0) is 4.79 Å². The number of nitrogens with zero attached hydrogens (tertiary/aromatic N) is 1. The van der Waals surface area contributed by atoms with E-state index in [0.717, 1.165) is 0 Å². The predicted molar refractivity (Wildman–Crippen MR) is 73.1 cm³/mol. The molecule has 0 aliphatic rings. The monoisotopic (exact) mass is 281 g/mol. The summed E-state index contributed by atoms with van der Waals surface area (Å²) in [6.45, 7) is 4.74. The third kappa shape index (κ3) is 3.40. The van der Waals surface area contributed by atoms with E-state index in [1.165, 1.54) is 24.1 Å². The molecule has 0 fully saturated rings. The second kappa shape index (κ2) is 5.81. The fraction of sp³-hybridized carbons (Fsp3) is 0.429. The minimum atomic E-state index is -1.12. The molecule has 1 aromatic rings. The van der Waals surface area contributed by atoms with Crippen molar-refractivity contribution in [2.45, 2.75) is 26.3 Å².